The maximum Gasteiger partial charge on any atom is 0.151 e. The summed E-state index contributed by atoms with van der Waals surface area (Å²) >= 11 is 0. The Kier molecular flexibility index (Phi) is 4.98. The average Bonchev–Trinajstić information content (AvgIpc) is 2.46. The van der Waals surface area contributed by atoms with Crippen molar-refractivity contribution in [1.29, 1.82) is 0 Å². The van der Waals surface area contributed by atoms with Gasteiger partial charge in [0, 0.05) is 31.5 Å². The van der Waals surface area contributed by atoms with Crippen molar-refractivity contribution >= 4 is 17.1 Å². The number of nitrogens with one attached hydrogen (secondary N) is 1. The Hall–Kier alpha value is -2.30. The van der Waals surface area contributed by atoms with Gasteiger partial charge in [-0.2, -0.15) is 0 Å². The third-order valence-electron chi connectivity index (χ3n) is 3.23. The molecule has 0 bridgehead atoms. The van der Waals surface area contributed by atoms with Crippen LogP contribution in [0.4, 0.5) is 25.8 Å². The highest BCUT2D eigenvalue weighted by Gasteiger charge is 2.09. The maximum atomic E-state index is 13.6. The number of nitrogens with zero attached hydrogens (tertiary/aromatic N) is 1. The molecule has 0 aliphatic rings. The molecule has 0 aliphatic heterocycles. The molecule has 0 atom stereocenters. The van der Waals surface area contributed by atoms with E-state index in [1.54, 1.807) is 0 Å². The average molecular weight is 291 g/mol. The second-order valence-corrected chi connectivity index (χ2v) is 4.90. The van der Waals surface area contributed by atoms with E-state index in [-0.39, 0.29) is 11.4 Å². The number of halogens is 2. The number of benzene rings is 2. The fraction of sp³-hybridized carbons (Fsp3) is 0.250. The second kappa shape index (κ2) is 6.92. The summed E-state index contributed by atoms with van der Waals surface area (Å²) in [5.74, 6) is -1.33. The van der Waals surface area contributed by atoms with Crippen LogP contribution in [-0.2, 0) is 0 Å². The molecular formula is C16H19F2N3. The summed E-state index contributed by atoms with van der Waals surface area (Å²) in [6, 6.07) is 12.2. The molecule has 5 heteroatoms. The molecule has 3 nitrogen and oxygen atoms in total. The molecule has 2 aromatic rings. The van der Waals surface area contributed by atoms with Gasteiger partial charge in [0.25, 0.3) is 0 Å². The van der Waals surface area contributed by atoms with Gasteiger partial charge >= 0.3 is 0 Å². The first kappa shape index (κ1) is 15.1. The van der Waals surface area contributed by atoms with Crippen LogP contribution in [0.5, 0.6) is 0 Å². The lowest BCUT2D eigenvalue weighted by Crippen LogP contribution is -2.21. The minimum absolute atomic E-state index is 0.0827. The Labute approximate surface area is 123 Å². The van der Waals surface area contributed by atoms with Gasteiger partial charge in [-0.25, -0.2) is 8.78 Å². The molecule has 112 valence electrons. The van der Waals surface area contributed by atoms with Crippen molar-refractivity contribution in [3.63, 3.8) is 0 Å². The maximum absolute atomic E-state index is 13.6. The molecule has 0 radical (unpaired) electrons. The van der Waals surface area contributed by atoms with E-state index in [9.17, 15) is 8.78 Å². The van der Waals surface area contributed by atoms with Crippen molar-refractivity contribution in [3.8, 4) is 0 Å². The SMILES string of the molecule is CN(CCCNc1c(F)cc(N)cc1F)c1ccccc1. The quantitative estimate of drug-likeness (QED) is 0.632. The number of hydrogen-bond donors (Lipinski definition) is 2. The zero-order chi connectivity index (χ0) is 15.2. The Bertz CT molecular complexity index is 564. The Morgan fingerprint density at radius 3 is 2.33 bits per heavy atom. The van der Waals surface area contributed by atoms with E-state index in [2.05, 4.69) is 10.2 Å². The van der Waals surface area contributed by atoms with Crippen LogP contribution >= 0.6 is 0 Å². The predicted molar refractivity (Wildman–Crippen MR) is 83.6 cm³/mol. The van der Waals surface area contributed by atoms with Gasteiger partial charge in [-0.15, -0.1) is 0 Å². The minimum atomic E-state index is -0.663. The van der Waals surface area contributed by atoms with Gasteiger partial charge in [-0.3, -0.25) is 0 Å². The van der Waals surface area contributed by atoms with Gasteiger partial charge in [0.05, 0.1) is 0 Å². The summed E-state index contributed by atoms with van der Waals surface area (Å²) in [7, 11) is 1.99. The van der Waals surface area contributed by atoms with Crippen LogP contribution in [0.1, 0.15) is 6.42 Å². The monoisotopic (exact) mass is 291 g/mol. The highest BCUT2D eigenvalue weighted by molar-refractivity contribution is 5.54. The van der Waals surface area contributed by atoms with Crippen LogP contribution in [0.15, 0.2) is 42.5 Å². The van der Waals surface area contributed by atoms with Crippen molar-refractivity contribution in [2.24, 2.45) is 0 Å². The van der Waals surface area contributed by atoms with Crippen LogP contribution in [0, 0.1) is 11.6 Å². The van der Waals surface area contributed by atoms with E-state index in [1.807, 2.05) is 37.4 Å². The van der Waals surface area contributed by atoms with Gasteiger partial charge in [0.2, 0.25) is 0 Å². The summed E-state index contributed by atoms with van der Waals surface area (Å²) in [4.78, 5) is 2.09. The Balaban J connectivity index is 1.83. The molecule has 3 N–H and O–H groups in total. The van der Waals surface area contributed by atoms with Crippen LogP contribution < -0.4 is 16.0 Å². The molecule has 2 aromatic carbocycles. The Morgan fingerprint density at radius 2 is 1.71 bits per heavy atom. The number of rotatable bonds is 6. The largest absolute Gasteiger partial charge is 0.399 e. The zero-order valence-electron chi connectivity index (χ0n) is 11.9. The summed E-state index contributed by atoms with van der Waals surface area (Å²) in [6.07, 6.45) is 0.759. The number of hydrogen-bond acceptors (Lipinski definition) is 3. The highest BCUT2D eigenvalue weighted by Crippen LogP contribution is 2.21. The molecule has 0 saturated heterocycles. The molecule has 0 fully saturated rings. The fourth-order valence-corrected chi connectivity index (χ4v) is 2.10. The highest BCUT2D eigenvalue weighted by atomic mass is 19.1. The Morgan fingerprint density at radius 1 is 1.10 bits per heavy atom. The first-order valence-electron chi connectivity index (χ1n) is 6.82. The molecule has 2 rings (SSSR count). The van der Waals surface area contributed by atoms with E-state index in [0.717, 1.165) is 30.8 Å². The fourth-order valence-electron chi connectivity index (χ4n) is 2.10. The number of nitrogens with two attached hydrogens (primary N) is 1. The van der Waals surface area contributed by atoms with Crippen LogP contribution in [0.2, 0.25) is 0 Å². The number of nitrogen functional groups attached to an aromatic ring is 1. The van der Waals surface area contributed by atoms with Crippen LogP contribution in [-0.4, -0.2) is 20.1 Å². The van der Waals surface area contributed by atoms with E-state index in [0.29, 0.717) is 6.54 Å². The zero-order valence-corrected chi connectivity index (χ0v) is 11.9. The van der Waals surface area contributed by atoms with Crippen molar-refractivity contribution in [2.45, 2.75) is 6.42 Å². The lowest BCUT2D eigenvalue weighted by atomic mass is 10.2. The molecule has 21 heavy (non-hydrogen) atoms. The van der Waals surface area contributed by atoms with Crippen LogP contribution in [0.3, 0.4) is 0 Å². The molecule has 0 spiro atoms. The number of para-hydroxylation sites is 1. The molecular weight excluding hydrogens is 272 g/mol. The van der Waals surface area contributed by atoms with Crippen molar-refractivity contribution in [2.75, 3.05) is 36.1 Å². The third-order valence-corrected chi connectivity index (χ3v) is 3.23. The van der Waals surface area contributed by atoms with Gasteiger partial charge < -0.3 is 16.0 Å². The van der Waals surface area contributed by atoms with Gasteiger partial charge in [-0.1, -0.05) is 18.2 Å². The molecule has 0 aromatic heterocycles. The van der Waals surface area contributed by atoms with Crippen LogP contribution in [0.25, 0.3) is 0 Å². The number of anilines is 3. The molecule has 0 aliphatic carbocycles. The second-order valence-electron chi connectivity index (χ2n) is 4.90. The standard InChI is InChI=1S/C16H19F2N3/c1-21(13-6-3-2-4-7-13)9-5-8-20-16-14(17)10-12(19)11-15(16)18/h2-4,6-7,10-11,20H,5,8-9,19H2,1H3. The summed E-state index contributed by atoms with van der Waals surface area (Å²) in [5, 5.41) is 2.78. The van der Waals surface area contributed by atoms with E-state index in [1.165, 1.54) is 0 Å². The normalized spacial score (nSPS) is 10.4. The van der Waals surface area contributed by atoms with Gasteiger partial charge in [-0.05, 0) is 30.7 Å². The first-order chi connectivity index (χ1) is 10.1. The minimum Gasteiger partial charge on any atom is -0.399 e. The van der Waals surface area contributed by atoms with Crippen molar-refractivity contribution in [3.05, 3.63) is 54.1 Å². The van der Waals surface area contributed by atoms with Crippen molar-refractivity contribution < 1.29 is 8.78 Å². The van der Waals surface area contributed by atoms with E-state index < -0.39 is 11.6 Å². The van der Waals surface area contributed by atoms with Crippen molar-refractivity contribution in [1.82, 2.24) is 0 Å². The predicted octanol–water partition coefficient (Wildman–Crippen LogP) is 3.49. The molecule has 0 heterocycles. The van der Waals surface area contributed by atoms with Gasteiger partial charge in [0.1, 0.15) is 5.69 Å². The molecule has 0 unspecified atom stereocenters. The first-order valence-corrected chi connectivity index (χ1v) is 6.82. The lowest BCUT2D eigenvalue weighted by molar-refractivity contribution is 0.588. The summed E-state index contributed by atoms with van der Waals surface area (Å²) in [6.45, 7) is 1.27. The molecule has 0 amide bonds. The van der Waals surface area contributed by atoms with E-state index in [4.69, 9.17) is 5.73 Å². The lowest BCUT2D eigenvalue weighted by Gasteiger charge is -2.19. The third kappa shape index (κ3) is 4.08. The smallest absolute Gasteiger partial charge is 0.151 e. The topological polar surface area (TPSA) is 41.3 Å². The van der Waals surface area contributed by atoms with Gasteiger partial charge in [0.15, 0.2) is 11.6 Å². The summed E-state index contributed by atoms with van der Waals surface area (Å²) < 4.78 is 27.1. The van der Waals surface area contributed by atoms with E-state index >= 15 is 0 Å². The summed E-state index contributed by atoms with van der Waals surface area (Å²) in [5.41, 5.74) is 6.45. The molecule has 0 saturated carbocycles.